The Morgan fingerprint density at radius 2 is 2.00 bits per heavy atom. The number of rotatable bonds is 4. The van der Waals surface area contributed by atoms with Gasteiger partial charge in [-0.2, -0.15) is 5.26 Å². The van der Waals surface area contributed by atoms with Gasteiger partial charge in [-0.05, 0) is 46.1 Å². The average Bonchev–Trinajstić information content (AvgIpc) is 2.28. The summed E-state index contributed by atoms with van der Waals surface area (Å²) in [4.78, 5) is 1.90. The second-order valence-corrected chi connectivity index (χ2v) is 5.09. The van der Waals surface area contributed by atoms with Crippen LogP contribution in [0.1, 0.15) is 25.5 Å². The smallest absolute Gasteiger partial charge is 0.123 e. The van der Waals surface area contributed by atoms with E-state index < -0.39 is 5.41 Å². The minimum atomic E-state index is -0.648. The first-order chi connectivity index (χ1) is 8.33. The number of nitrogens with zero attached hydrogens (tertiary/aromatic N) is 2. The van der Waals surface area contributed by atoms with Gasteiger partial charge in [-0.15, -0.1) is 0 Å². The summed E-state index contributed by atoms with van der Waals surface area (Å²) in [7, 11) is 5.28. The standard InChI is InChI=1S/C14H19FN2O/c1-14(2,9-16)13(17(3)4)11-8-10(15)6-7-12(11)18-5/h6-8,13H,1-5H3. The van der Waals surface area contributed by atoms with Crippen LogP contribution in [0.4, 0.5) is 4.39 Å². The summed E-state index contributed by atoms with van der Waals surface area (Å²) in [6, 6.07) is 6.41. The highest BCUT2D eigenvalue weighted by atomic mass is 19.1. The Morgan fingerprint density at radius 1 is 1.39 bits per heavy atom. The van der Waals surface area contributed by atoms with Gasteiger partial charge in [0, 0.05) is 5.56 Å². The molecule has 0 saturated heterocycles. The molecule has 0 aliphatic heterocycles. The lowest BCUT2D eigenvalue weighted by atomic mass is 9.80. The van der Waals surface area contributed by atoms with Crippen LogP contribution in [-0.4, -0.2) is 26.1 Å². The van der Waals surface area contributed by atoms with Crippen LogP contribution in [0.5, 0.6) is 5.75 Å². The van der Waals surface area contributed by atoms with E-state index in [1.54, 1.807) is 13.2 Å². The van der Waals surface area contributed by atoms with Crippen molar-refractivity contribution in [2.24, 2.45) is 5.41 Å². The Morgan fingerprint density at radius 3 is 2.44 bits per heavy atom. The number of ether oxygens (including phenoxy) is 1. The molecule has 1 rings (SSSR count). The largest absolute Gasteiger partial charge is 0.496 e. The molecule has 0 fully saturated rings. The zero-order chi connectivity index (χ0) is 13.9. The number of nitriles is 1. The highest BCUT2D eigenvalue weighted by Gasteiger charge is 2.34. The molecule has 0 N–H and O–H groups in total. The van der Waals surface area contributed by atoms with Gasteiger partial charge in [0.05, 0.1) is 24.6 Å². The summed E-state index contributed by atoms with van der Waals surface area (Å²) in [6.07, 6.45) is 0. The van der Waals surface area contributed by atoms with Crippen molar-refractivity contribution in [1.29, 1.82) is 5.26 Å². The molecule has 1 atom stereocenters. The number of benzene rings is 1. The van der Waals surface area contributed by atoms with Crippen molar-refractivity contribution >= 4 is 0 Å². The monoisotopic (exact) mass is 250 g/mol. The van der Waals surface area contributed by atoms with Crippen LogP contribution in [0, 0.1) is 22.6 Å². The Bertz CT molecular complexity index is 463. The maximum absolute atomic E-state index is 13.4. The highest BCUT2D eigenvalue weighted by molar-refractivity contribution is 5.38. The van der Waals surface area contributed by atoms with Crippen LogP contribution < -0.4 is 4.74 Å². The Balaban J connectivity index is 3.39. The van der Waals surface area contributed by atoms with Gasteiger partial charge in [-0.25, -0.2) is 4.39 Å². The topological polar surface area (TPSA) is 36.3 Å². The fourth-order valence-corrected chi connectivity index (χ4v) is 2.29. The fourth-order valence-electron chi connectivity index (χ4n) is 2.29. The third kappa shape index (κ3) is 2.80. The maximum Gasteiger partial charge on any atom is 0.123 e. The van der Waals surface area contributed by atoms with E-state index >= 15 is 0 Å². The number of hydrogen-bond acceptors (Lipinski definition) is 3. The predicted octanol–water partition coefficient (Wildman–Crippen LogP) is 2.99. The van der Waals surface area contributed by atoms with Crippen LogP contribution in [0.2, 0.25) is 0 Å². The third-order valence-electron chi connectivity index (χ3n) is 2.97. The van der Waals surface area contributed by atoms with Crippen molar-refractivity contribution in [3.05, 3.63) is 29.6 Å². The van der Waals surface area contributed by atoms with Crippen LogP contribution in [-0.2, 0) is 0 Å². The molecule has 0 aliphatic carbocycles. The van der Waals surface area contributed by atoms with E-state index in [4.69, 9.17) is 4.74 Å². The molecule has 0 radical (unpaired) electrons. The van der Waals surface area contributed by atoms with Crippen molar-refractivity contribution in [2.45, 2.75) is 19.9 Å². The zero-order valence-corrected chi connectivity index (χ0v) is 11.5. The van der Waals surface area contributed by atoms with Crippen LogP contribution in [0.25, 0.3) is 0 Å². The first kappa shape index (κ1) is 14.5. The van der Waals surface area contributed by atoms with E-state index in [9.17, 15) is 9.65 Å². The lowest BCUT2D eigenvalue weighted by Crippen LogP contribution is -2.33. The van der Waals surface area contributed by atoms with Crippen LogP contribution >= 0.6 is 0 Å². The van der Waals surface area contributed by atoms with E-state index in [1.807, 2.05) is 32.8 Å². The summed E-state index contributed by atoms with van der Waals surface area (Å²) in [5.41, 5.74) is 0.0407. The molecule has 98 valence electrons. The van der Waals surface area contributed by atoms with Crippen LogP contribution in [0.3, 0.4) is 0 Å². The van der Waals surface area contributed by atoms with Gasteiger partial charge >= 0.3 is 0 Å². The molecule has 0 amide bonds. The molecule has 1 aromatic rings. The average molecular weight is 250 g/mol. The van der Waals surface area contributed by atoms with Crippen LogP contribution in [0.15, 0.2) is 18.2 Å². The maximum atomic E-state index is 13.4. The Labute approximate surface area is 108 Å². The molecule has 0 heterocycles. The van der Waals surface area contributed by atoms with Gasteiger partial charge in [0.15, 0.2) is 0 Å². The molecule has 18 heavy (non-hydrogen) atoms. The lowest BCUT2D eigenvalue weighted by molar-refractivity contribution is 0.180. The van der Waals surface area contributed by atoms with Gasteiger partial charge in [-0.3, -0.25) is 0 Å². The molecule has 1 aromatic carbocycles. The summed E-state index contributed by atoms with van der Waals surface area (Å²) < 4.78 is 18.7. The molecule has 0 saturated carbocycles. The SMILES string of the molecule is COc1ccc(F)cc1C(N(C)C)C(C)(C)C#N. The Hall–Kier alpha value is -1.60. The van der Waals surface area contributed by atoms with Crippen molar-refractivity contribution in [1.82, 2.24) is 4.90 Å². The number of halogens is 1. The van der Waals surface area contributed by atoms with Gasteiger partial charge in [0.25, 0.3) is 0 Å². The van der Waals surface area contributed by atoms with Crippen molar-refractivity contribution in [2.75, 3.05) is 21.2 Å². The molecule has 0 spiro atoms. The second kappa shape index (κ2) is 5.36. The van der Waals surface area contributed by atoms with E-state index in [-0.39, 0.29) is 11.9 Å². The quantitative estimate of drug-likeness (QED) is 0.824. The van der Waals surface area contributed by atoms with Gasteiger partial charge in [0.2, 0.25) is 0 Å². The summed E-state index contributed by atoms with van der Waals surface area (Å²) in [6.45, 7) is 3.67. The molecule has 3 nitrogen and oxygen atoms in total. The molecule has 0 aromatic heterocycles. The minimum Gasteiger partial charge on any atom is -0.496 e. The molecule has 0 bridgehead atoms. The van der Waals surface area contributed by atoms with E-state index in [0.717, 1.165) is 0 Å². The van der Waals surface area contributed by atoms with Gasteiger partial charge < -0.3 is 9.64 Å². The fraction of sp³-hybridized carbons (Fsp3) is 0.500. The highest BCUT2D eigenvalue weighted by Crippen LogP contribution is 2.40. The number of methoxy groups -OCH3 is 1. The zero-order valence-electron chi connectivity index (χ0n) is 11.5. The van der Waals surface area contributed by atoms with Gasteiger partial charge in [0.1, 0.15) is 11.6 Å². The lowest BCUT2D eigenvalue weighted by Gasteiger charge is -2.34. The molecule has 1 unspecified atom stereocenters. The molecular formula is C14H19FN2O. The molecule has 0 aliphatic rings. The molecular weight excluding hydrogens is 231 g/mol. The number of hydrogen-bond donors (Lipinski definition) is 0. The van der Waals surface area contributed by atoms with Crippen molar-refractivity contribution in [3.8, 4) is 11.8 Å². The minimum absolute atomic E-state index is 0.242. The first-order valence-corrected chi connectivity index (χ1v) is 5.74. The third-order valence-corrected chi connectivity index (χ3v) is 2.97. The summed E-state index contributed by atoms with van der Waals surface area (Å²) in [5, 5.41) is 9.30. The van der Waals surface area contributed by atoms with Crippen molar-refractivity contribution < 1.29 is 9.13 Å². The predicted molar refractivity (Wildman–Crippen MR) is 68.8 cm³/mol. The second-order valence-electron chi connectivity index (χ2n) is 5.09. The van der Waals surface area contributed by atoms with E-state index in [0.29, 0.717) is 11.3 Å². The first-order valence-electron chi connectivity index (χ1n) is 5.74. The molecule has 4 heteroatoms. The van der Waals surface area contributed by atoms with E-state index in [2.05, 4.69) is 6.07 Å². The Kier molecular flexibility index (Phi) is 4.31. The van der Waals surface area contributed by atoms with Gasteiger partial charge in [-0.1, -0.05) is 0 Å². The normalized spacial score (nSPS) is 13.2. The van der Waals surface area contributed by atoms with E-state index in [1.165, 1.54) is 12.1 Å². The summed E-state index contributed by atoms with van der Waals surface area (Å²) >= 11 is 0. The van der Waals surface area contributed by atoms with Crippen molar-refractivity contribution in [3.63, 3.8) is 0 Å². The summed E-state index contributed by atoms with van der Waals surface area (Å²) in [5.74, 6) is 0.268.